The molecular weight excluding hydrogens is 468 g/mol. The molecule has 2 aromatic carbocycles. The Balaban J connectivity index is 1.67. The predicted octanol–water partition coefficient (Wildman–Crippen LogP) is 6.76. The van der Waals surface area contributed by atoms with Crippen LogP contribution in [0, 0.1) is 0 Å². The molecule has 6 heteroatoms. The van der Waals surface area contributed by atoms with Gasteiger partial charge in [-0.1, -0.05) is 51.3 Å². The fourth-order valence-electron chi connectivity index (χ4n) is 5.37. The molecule has 2 aromatic rings. The fraction of sp³-hybridized carbons (Fsp3) is 0.484. The van der Waals surface area contributed by atoms with Crippen LogP contribution in [0.4, 0.5) is 0 Å². The number of hydrogen-bond acceptors (Lipinski definition) is 6. The average molecular weight is 507 g/mol. The highest BCUT2D eigenvalue weighted by Gasteiger charge is 2.43. The minimum absolute atomic E-state index is 0.276. The van der Waals surface area contributed by atoms with Crippen LogP contribution in [0.1, 0.15) is 82.8 Å². The van der Waals surface area contributed by atoms with Gasteiger partial charge >= 0.3 is 11.9 Å². The first kappa shape index (κ1) is 26.8. The summed E-state index contributed by atoms with van der Waals surface area (Å²) in [5.74, 6) is 1.79. The molecule has 1 saturated carbocycles. The highest BCUT2D eigenvalue weighted by atomic mass is 16.6. The van der Waals surface area contributed by atoms with Gasteiger partial charge in [-0.25, -0.2) is 9.59 Å². The first-order valence-electron chi connectivity index (χ1n) is 13.3. The lowest BCUT2D eigenvalue weighted by molar-refractivity contribution is -0.146. The van der Waals surface area contributed by atoms with Crippen LogP contribution in [0.2, 0.25) is 0 Å². The lowest BCUT2D eigenvalue weighted by atomic mass is 9.87. The first-order chi connectivity index (χ1) is 17.7. The van der Waals surface area contributed by atoms with Gasteiger partial charge in [0.2, 0.25) is 0 Å². The van der Waals surface area contributed by atoms with Crippen LogP contribution in [0.3, 0.4) is 0 Å². The van der Waals surface area contributed by atoms with Crippen molar-refractivity contribution in [1.29, 1.82) is 0 Å². The van der Waals surface area contributed by atoms with Gasteiger partial charge in [0.1, 0.15) is 36.9 Å². The van der Waals surface area contributed by atoms with E-state index in [-0.39, 0.29) is 25.4 Å². The summed E-state index contributed by atoms with van der Waals surface area (Å²) in [6.45, 7) is 15.2. The third kappa shape index (κ3) is 5.53. The van der Waals surface area contributed by atoms with Crippen LogP contribution in [-0.2, 0) is 19.1 Å². The summed E-state index contributed by atoms with van der Waals surface area (Å²) in [5, 5.41) is 1.97. The molecule has 0 spiro atoms. The van der Waals surface area contributed by atoms with Crippen molar-refractivity contribution < 1.29 is 28.5 Å². The van der Waals surface area contributed by atoms with Crippen molar-refractivity contribution >= 4 is 22.7 Å². The monoisotopic (exact) mass is 506 g/mol. The topological polar surface area (TPSA) is 71.1 Å². The Morgan fingerprint density at radius 3 is 1.57 bits per heavy atom. The van der Waals surface area contributed by atoms with Gasteiger partial charge in [0.25, 0.3) is 0 Å². The summed E-state index contributed by atoms with van der Waals surface area (Å²) < 4.78 is 24.2. The van der Waals surface area contributed by atoms with E-state index in [2.05, 4.69) is 25.3 Å². The zero-order valence-corrected chi connectivity index (χ0v) is 22.4. The van der Waals surface area contributed by atoms with Gasteiger partial charge in [-0.3, -0.25) is 0 Å². The van der Waals surface area contributed by atoms with Gasteiger partial charge in [-0.05, 0) is 57.8 Å². The summed E-state index contributed by atoms with van der Waals surface area (Å²) in [4.78, 5) is 24.2. The molecule has 4 atom stereocenters. The van der Waals surface area contributed by atoms with Crippen molar-refractivity contribution in [2.45, 2.75) is 83.8 Å². The predicted molar refractivity (Wildman–Crippen MR) is 144 cm³/mol. The summed E-state index contributed by atoms with van der Waals surface area (Å²) >= 11 is 0. The van der Waals surface area contributed by atoms with Gasteiger partial charge in [-0.15, -0.1) is 0 Å². The van der Waals surface area contributed by atoms with Crippen LogP contribution < -0.4 is 9.47 Å². The van der Waals surface area contributed by atoms with Crippen LogP contribution >= 0.6 is 0 Å². The number of benzene rings is 2. The lowest BCUT2D eigenvalue weighted by Crippen LogP contribution is -2.26. The van der Waals surface area contributed by atoms with Crippen LogP contribution in [0.5, 0.6) is 11.5 Å². The number of rotatable bonds is 12. The van der Waals surface area contributed by atoms with E-state index in [0.29, 0.717) is 35.8 Å². The molecule has 2 aliphatic carbocycles. The maximum atomic E-state index is 12.1. The Kier molecular flexibility index (Phi) is 8.25. The molecule has 2 bridgehead atoms. The third-order valence-corrected chi connectivity index (χ3v) is 7.43. The van der Waals surface area contributed by atoms with Crippen molar-refractivity contribution in [2.24, 2.45) is 0 Å². The van der Waals surface area contributed by atoms with E-state index in [1.807, 2.05) is 26.0 Å². The maximum absolute atomic E-state index is 12.1. The normalized spacial score (nSPS) is 19.1. The minimum Gasteiger partial charge on any atom is -0.489 e. The molecule has 0 radical (unpaired) electrons. The van der Waals surface area contributed by atoms with Crippen LogP contribution in [0.15, 0.2) is 48.6 Å². The minimum atomic E-state index is -0.397. The van der Waals surface area contributed by atoms with Gasteiger partial charge in [-0.2, -0.15) is 0 Å². The van der Waals surface area contributed by atoms with Crippen molar-refractivity contribution in [3.8, 4) is 11.5 Å². The van der Waals surface area contributed by atoms with Crippen molar-refractivity contribution in [1.82, 2.24) is 0 Å². The molecule has 1 fully saturated rings. The van der Waals surface area contributed by atoms with E-state index in [4.69, 9.17) is 18.9 Å². The highest BCUT2D eigenvalue weighted by Crippen LogP contribution is 2.61. The van der Waals surface area contributed by atoms with E-state index < -0.39 is 11.9 Å². The molecule has 0 amide bonds. The first-order valence-corrected chi connectivity index (χ1v) is 13.3. The molecule has 0 N–H and O–H groups in total. The second-order valence-electron chi connectivity index (χ2n) is 10.3. The molecule has 4 unspecified atom stereocenters. The van der Waals surface area contributed by atoms with Gasteiger partial charge < -0.3 is 18.9 Å². The maximum Gasteiger partial charge on any atom is 0.333 e. The number of fused-ring (bicyclic) bond motifs is 6. The summed E-state index contributed by atoms with van der Waals surface area (Å²) in [6, 6.07) is 8.12. The summed E-state index contributed by atoms with van der Waals surface area (Å²) in [7, 11) is 0. The average Bonchev–Trinajstić information content (AvgIpc) is 3.51. The molecule has 37 heavy (non-hydrogen) atoms. The Morgan fingerprint density at radius 2 is 1.22 bits per heavy atom. The fourth-order valence-corrected chi connectivity index (χ4v) is 5.37. The second kappa shape index (κ2) is 11.4. The van der Waals surface area contributed by atoms with Gasteiger partial charge in [0.15, 0.2) is 0 Å². The molecule has 0 aliphatic heterocycles. The van der Waals surface area contributed by atoms with E-state index in [1.54, 1.807) is 13.8 Å². The Labute approximate surface area is 219 Å². The van der Waals surface area contributed by atoms with E-state index in [1.165, 1.54) is 11.1 Å². The number of hydrogen-bond donors (Lipinski definition) is 0. The molecule has 0 aromatic heterocycles. The van der Waals surface area contributed by atoms with Gasteiger partial charge in [0, 0.05) is 33.0 Å². The molecule has 0 saturated heterocycles. The third-order valence-electron chi connectivity index (χ3n) is 7.43. The smallest absolute Gasteiger partial charge is 0.333 e. The SMILES string of the molecule is C=C(C)C(=O)OC(CC)COc1c2c(c(OCC(CC)OC(=O)C(=C)C)c3ccccc13)C1CCC2C1. The summed E-state index contributed by atoms with van der Waals surface area (Å²) in [5.41, 5.74) is 3.20. The second-order valence-corrected chi connectivity index (χ2v) is 10.3. The number of ether oxygens (including phenoxy) is 4. The Bertz CT molecular complexity index is 1120. The molecule has 4 rings (SSSR count). The number of esters is 2. The van der Waals surface area contributed by atoms with Gasteiger partial charge in [0.05, 0.1) is 0 Å². The van der Waals surface area contributed by atoms with Crippen LogP contribution in [-0.4, -0.2) is 37.4 Å². The standard InChI is InChI=1S/C31H38O6/c1-7-22(36-30(32)18(3)4)16-34-28-24-11-9-10-12-25(24)29(27-21-14-13-20(15-21)26(27)28)35-17-23(8-2)37-31(33)19(5)6/h9-12,20-23H,3,5,7-8,13-17H2,1-2,4,6H3. The van der Waals surface area contributed by atoms with E-state index in [0.717, 1.165) is 41.5 Å². The quantitative estimate of drug-likeness (QED) is 0.234. The molecule has 198 valence electrons. The zero-order valence-electron chi connectivity index (χ0n) is 22.4. The Hall–Kier alpha value is -3.28. The largest absolute Gasteiger partial charge is 0.489 e. The Morgan fingerprint density at radius 1 is 0.811 bits per heavy atom. The van der Waals surface area contributed by atoms with Crippen molar-refractivity contribution in [3.63, 3.8) is 0 Å². The van der Waals surface area contributed by atoms with Crippen LogP contribution in [0.25, 0.3) is 10.8 Å². The van der Waals surface area contributed by atoms with E-state index >= 15 is 0 Å². The molecule has 6 nitrogen and oxygen atoms in total. The molecule has 2 aliphatic rings. The number of carbonyl (C=O) groups excluding carboxylic acids is 2. The number of carbonyl (C=O) groups is 2. The van der Waals surface area contributed by atoms with E-state index in [9.17, 15) is 9.59 Å². The van der Waals surface area contributed by atoms with Crippen molar-refractivity contribution in [3.05, 3.63) is 59.7 Å². The summed E-state index contributed by atoms with van der Waals surface area (Å²) in [6.07, 6.45) is 3.91. The molecule has 0 heterocycles. The lowest BCUT2D eigenvalue weighted by Gasteiger charge is -2.27. The molecular formula is C31H38O6. The highest BCUT2D eigenvalue weighted by molar-refractivity contribution is 5.97. The van der Waals surface area contributed by atoms with Crippen molar-refractivity contribution in [2.75, 3.05) is 13.2 Å². The zero-order chi connectivity index (χ0) is 26.7.